The number of nitrogens with zero attached hydrogens (tertiary/aromatic N) is 2. The number of carbonyl (C=O) groups excluding carboxylic acids is 1. The molecule has 5 nitrogen and oxygen atoms in total. The Morgan fingerprint density at radius 1 is 0.900 bits per heavy atom. The number of benzene rings is 3. The van der Waals surface area contributed by atoms with Crippen LogP contribution in [0, 0.1) is 0 Å². The maximum Gasteiger partial charge on any atom is 0.253 e. The van der Waals surface area contributed by atoms with Gasteiger partial charge in [0.05, 0.1) is 6.54 Å². The van der Waals surface area contributed by atoms with Crippen molar-refractivity contribution in [2.45, 2.75) is 19.9 Å². The van der Waals surface area contributed by atoms with E-state index in [0.29, 0.717) is 12.1 Å². The molecular formula is C25H30N4O. The summed E-state index contributed by atoms with van der Waals surface area (Å²) < 4.78 is 0. The van der Waals surface area contributed by atoms with Gasteiger partial charge in [0.1, 0.15) is 0 Å². The van der Waals surface area contributed by atoms with Gasteiger partial charge in [-0.15, -0.1) is 0 Å². The molecule has 0 heterocycles. The van der Waals surface area contributed by atoms with E-state index in [4.69, 9.17) is 0 Å². The average Bonchev–Trinajstić information content (AvgIpc) is 2.77. The van der Waals surface area contributed by atoms with Gasteiger partial charge in [0, 0.05) is 32.7 Å². The number of nitrogens with one attached hydrogen (secondary N) is 2. The van der Waals surface area contributed by atoms with E-state index in [1.54, 1.807) is 19.0 Å². The first-order valence-electron chi connectivity index (χ1n) is 10.4. The quantitative estimate of drug-likeness (QED) is 0.466. The SMILES string of the molecule is CCNC(=NCc1ccc(C(=O)N(C)C)cc1)NCCc1ccc2ccccc2c1. The number of fused-ring (bicyclic) bond motifs is 1. The largest absolute Gasteiger partial charge is 0.357 e. The molecule has 0 aliphatic heterocycles. The van der Waals surface area contributed by atoms with Gasteiger partial charge in [-0.2, -0.15) is 0 Å². The standard InChI is InChI=1S/C25H30N4O/c1-4-26-25(28-18-20-10-13-22(14-11-20)24(30)29(2)3)27-16-15-19-9-12-21-7-5-6-8-23(21)17-19/h5-14,17H,4,15-16,18H2,1-3H3,(H2,26,27,28). The van der Waals surface area contributed by atoms with Gasteiger partial charge < -0.3 is 15.5 Å². The van der Waals surface area contributed by atoms with Crippen LogP contribution in [0.25, 0.3) is 10.8 Å². The van der Waals surface area contributed by atoms with Crippen molar-refractivity contribution in [1.29, 1.82) is 0 Å². The smallest absolute Gasteiger partial charge is 0.253 e. The summed E-state index contributed by atoms with van der Waals surface area (Å²) in [6.45, 7) is 4.22. The molecule has 0 aliphatic rings. The van der Waals surface area contributed by atoms with Gasteiger partial charge in [0.2, 0.25) is 0 Å². The van der Waals surface area contributed by atoms with E-state index in [0.717, 1.165) is 31.0 Å². The lowest BCUT2D eigenvalue weighted by molar-refractivity contribution is 0.0827. The Morgan fingerprint density at radius 2 is 1.60 bits per heavy atom. The van der Waals surface area contributed by atoms with Gasteiger partial charge in [-0.05, 0) is 47.4 Å². The number of aliphatic imine (C=N–C) groups is 1. The number of carbonyl (C=O) groups is 1. The van der Waals surface area contributed by atoms with Crippen LogP contribution in [0.3, 0.4) is 0 Å². The van der Waals surface area contributed by atoms with Gasteiger partial charge in [0.25, 0.3) is 5.91 Å². The number of guanidine groups is 1. The second-order valence-corrected chi connectivity index (χ2v) is 7.45. The zero-order chi connectivity index (χ0) is 21.3. The molecule has 0 saturated heterocycles. The van der Waals surface area contributed by atoms with Crippen LogP contribution >= 0.6 is 0 Å². The molecule has 1 amide bonds. The summed E-state index contributed by atoms with van der Waals surface area (Å²) >= 11 is 0. The summed E-state index contributed by atoms with van der Waals surface area (Å²) in [7, 11) is 3.51. The Morgan fingerprint density at radius 3 is 2.30 bits per heavy atom. The van der Waals surface area contributed by atoms with Crippen molar-refractivity contribution >= 4 is 22.6 Å². The number of amides is 1. The molecule has 0 aromatic heterocycles. The first kappa shape index (κ1) is 21.4. The van der Waals surface area contributed by atoms with E-state index >= 15 is 0 Å². The van der Waals surface area contributed by atoms with Gasteiger partial charge in [-0.25, -0.2) is 4.99 Å². The third-order valence-electron chi connectivity index (χ3n) is 4.89. The van der Waals surface area contributed by atoms with E-state index < -0.39 is 0 Å². The fourth-order valence-corrected chi connectivity index (χ4v) is 3.24. The first-order valence-corrected chi connectivity index (χ1v) is 10.4. The molecule has 0 spiro atoms. The van der Waals surface area contributed by atoms with E-state index in [9.17, 15) is 4.79 Å². The van der Waals surface area contributed by atoms with Crippen LogP contribution in [0.15, 0.2) is 71.7 Å². The van der Waals surface area contributed by atoms with E-state index in [1.807, 2.05) is 24.3 Å². The predicted octanol–water partition coefficient (Wildman–Crippen LogP) is 3.84. The van der Waals surface area contributed by atoms with Crippen LogP contribution < -0.4 is 10.6 Å². The van der Waals surface area contributed by atoms with Crippen LogP contribution in [0.2, 0.25) is 0 Å². The van der Waals surface area contributed by atoms with Crippen molar-refractivity contribution in [2.24, 2.45) is 4.99 Å². The summed E-state index contributed by atoms with van der Waals surface area (Å²) in [6.07, 6.45) is 0.927. The third kappa shape index (κ3) is 5.83. The van der Waals surface area contributed by atoms with Gasteiger partial charge in [-0.3, -0.25) is 4.79 Å². The first-order chi connectivity index (χ1) is 14.6. The zero-order valence-electron chi connectivity index (χ0n) is 18.0. The second kappa shape index (κ2) is 10.4. The lowest BCUT2D eigenvalue weighted by Gasteiger charge is -2.12. The zero-order valence-corrected chi connectivity index (χ0v) is 18.0. The van der Waals surface area contributed by atoms with Gasteiger partial charge in [-0.1, -0.05) is 54.6 Å². The van der Waals surface area contributed by atoms with E-state index in [1.165, 1.54) is 16.3 Å². The summed E-state index contributed by atoms with van der Waals surface area (Å²) in [4.78, 5) is 18.2. The molecule has 0 bridgehead atoms. The number of hydrogen-bond donors (Lipinski definition) is 2. The number of hydrogen-bond acceptors (Lipinski definition) is 2. The summed E-state index contributed by atoms with van der Waals surface area (Å²) in [6, 6.07) is 22.7. The Labute approximate surface area is 178 Å². The minimum absolute atomic E-state index is 0.00810. The fraction of sp³-hybridized carbons (Fsp3) is 0.280. The summed E-state index contributed by atoms with van der Waals surface area (Å²) in [5.74, 6) is 0.806. The molecule has 2 N–H and O–H groups in total. The molecule has 0 fully saturated rings. The van der Waals surface area contributed by atoms with E-state index in [2.05, 4.69) is 65.0 Å². The summed E-state index contributed by atoms with van der Waals surface area (Å²) in [5.41, 5.74) is 3.06. The number of rotatable bonds is 7. The highest BCUT2D eigenvalue weighted by molar-refractivity contribution is 5.93. The fourth-order valence-electron chi connectivity index (χ4n) is 3.24. The van der Waals surface area contributed by atoms with Crippen molar-refractivity contribution in [3.63, 3.8) is 0 Å². The molecule has 0 saturated carbocycles. The lowest BCUT2D eigenvalue weighted by Crippen LogP contribution is -2.38. The normalized spacial score (nSPS) is 11.4. The molecule has 3 rings (SSSR count). The maximum atomic E-state index is 12.0. The third-order valence-corrected chi connectivity index (χ3v) is 4.89. The molecule has 0 radical (unpaired) electrons. The topological polar surface area (TPSA) is 56.7 Å². The Bertz CT molecular complexity index is 1010. The van der Waals surface area contributed by atoms with Crippen molar-refractivity contribution in [2.75, 3.05) is 27.2 Å². The van der Waals surface area contributed by atoms with Gasteiger partial charge >= 0.3 is 0 Å². The highest BCUT2D eigenvalue weighted by Gasteiger charge is 2.07. The highest BCUT2D eigenvalue weighted by Crippen LogP contribution is 2.15. The van der Waals surface area contributed by atoms with Crippen LogP contribution in [0.1, 0.15) is 28.4 Å². The van der Waals surface area contributed by atoms with Gasteiger partial charge in [0.15, 0.2) is 5.96 Å². The molecule has 3 aromatic carbocycles. The van der Waals surface area contributed by atoms with Crippen molar-refractivity contribution in [1.82, 2.24) is 15.5 Å². The maximum absolute atomic E-state index is 12.0. The molecule has 0 atom stereocenters. The minimum atomic E-state index is 0.00810. The second-order valence-electron chi connectivity index (χ2n) is 7.45. The Kier molecular flexibility index (Phi) is 7.44. The van der Waals surface area contributed by atoms with Crippen LogP contribution in [0.5, 0.6) is 0 Å². The van der Waals surface area contributed by atoms with Crippen LogP contribution in [0.4, 0.5) is 0 Å². The van der Waals surface area contributed by atoms with Crippen molar-refractivity contribution in [3.8, 4) is 0 Å². The van der Waals surface area contributed by atoms with E-state index in [-0.39, 0.29) is 5.91 Å². The average molecular weight is 403 g/mol. The molecule has 3 aromatic rings. The molecule has 5 heteroatoms. The molecule has 156 valence electrons. The molecule has 0 aliphatic carbocycles. The van der Waals surface area contributed by atoms with Crippen LogP contribution in [-0.2, 0) is 13.0 Å². The monoisotopic (exact) mass is 402 g/mol. The highest BCUT2D eigenvalue weighted by atomic mass is 16.2. The predicted molar refractivity (Wildman–Crippen MR) is 125 cm³/mol. The van der Waals surface area contributed by atoms with Crippen molar-refractivity contribution in [3.05, 3.63) is 83.4 Å². The molecule has 30 heavy (non-hydrogen) atoms. The minimum Gasteiger partial charge on any atom is -0.357 e. The van der Waals surface area contributed by atoms with Crippen molar-refractivity contribution < 1.29 is 4.79 Å². The Balaban J connectivity index is 1.56. The van der Waals surface area contributed by atoms with Crippen LogP contribution in [-0.4, -0.2) is 44.0 Å². The molecule has 0 unspecified atom stereocenters. The molecular weight excluding hydrogens is 372 g/mol. The summed E-state index contributed by atoms with van der Waals surface area (Å²) in [5, 5.41) is 9.24. The lowest BCUT2D eigenvalue weighted by atomic mass is 10.1. The Hall–Kier alpha value is -3.34.